The maximum atomic E-state index is 13.0. The van der Waals surface area contributed by atoms with E-state index in [0.29, 0.717) is 5.91 Å². The van der Waals surface area contributed by atoms with Gasteiger partial charge in [-0.3, -0.25) is 4.79 Å². The Morgan fingerprint density at radius 3 is 2.46 bits per heavy atom. The molecule has 24 heavy (non-hydrogen) atoms. The topological polar surface area (TPSA) is 38.8 Å². The van der Waals surface area contributed by atoms with Crippen molar-refractivity contribution in [3.8, 4) is 11.5 Å². The number of ether oxygens (including phenoxy) is 2. The zero-order valence-electron chi connectivity index (χ0n) is 15.2. The number of unbranched alkanes of at least 4 members (excludes halogenated alkanes) is 1. The van der Waals surface area contributed by atoms with E-state index in [1.807, 2.05) is 34.9 Å². The Hall–Kier alpha value is -1.36. The standard InChI is InChI=1S/C19H29NO3S/c1-5-7-8-14(6-2)18(21)20-9-10-24-19(20)15-11-16(22-3)13-17(12-15)23-4/h11-14,19H,5-10H2,1-4H3/t14-,19-/m1/s1. The smallest absolute Gasteiger partial charge is 0.226 e. The van der Waals surface area contributed by atoms with Crippen LogP contribution in [0.2, 0.25) is 0 Å². The molecule has 134 valence electrons. The van der Waals surface area contributed by atoms with Crippen molar-refractivity contribution in [1.29, 1.82) is 0 Å². The zero-order valence-corrected chi connectivity index (χ0v) is 16.0. The van der Waals surface area contributed by atoms with E-state index in [-0.39, 0.29) is 11.3 Å². The lowest BCUT2D eigenvalue weighted by atomic mass is 9.97. The molecular formula is C19H29NO3S. The van der Waals surface area contributed by atoms with Gasteiger partial charge in [0.05, 0.1) is 14.2 Å². The van der Waals surface area contributed by atoms with Crippen molar-refractivity contribution in [3.63, 3.8) is 0 Å². The Bertz CT molecular complexity index is 527. The van der Waals surface area contributed by atoms with Gasteiger partial charge in [0, 0.05) is 24.3 Å². The first-order valence-electron chi connectivity index (χ1n) is 8.79. The summed E-state index contributed by atoms with van der Waals surface area (Å²) < 4.78 is 10.8. The highest BCUT2D eigenvalue weighted by molar-refractivity contribution is 7.99. The van der Waals surface area contributed by atoms with E-state index in [2.05, 4.69) is 13.8 Å². The summed E-state index contributed by atoms with van der Waals surface area (Å²) in [6.07, 6.45) is 4.15. The van der Waals surface area contributed by atoms with Crippen molar-refractivity contribution < 1.29 is 14.3 Å². The van der Waals surface area contributed by atoms with Crippen molar-refractivity contribution >= 4 is 17.7 Å². The Kier molecular flexibility index (Phi) is 7.28. The van der Waals surface area contributed by atoms with Gasteiger partial charge in [-0.15, -0.1) is 11.8 Å². The number of hydrogen-bond donors (Lipinski definition) is 0. The van der Waals surface area contributed by atoms with Crippen molar-refractivity contribution in [2.24, 2.45) is 5.92 Å². The van der Waals surface area contributed by atoms with E-state index >= 15 is 0 Å². The molecule has 1 fully saturated rings. The monoisotopic (exact) mass is 351 g/mol. The van der Waals surface area contributed by atoms with Gasteiger partial charge in [0.1, 0.15) is 16.9 Å². The van der Waals surface area contributed by atoms with Crippen LogP contribution in [0.15, 0.2) is 18.2 Å². The van der Waals surface area contributed by atoms with Crippen LogP contribution in [0.3, 0.4) is 0 Å². The summed E-state index contributed by atoms with van der Waals surface area (Å²) >= 11 is 1.82. The first kappa shape index (κ1) is 19.0. The van der Waals surface area contributed by atoms with Crippen LogP contribution in [0.4, 0.5) is 0 Å². The average molecular weight is 352 g/mol. The van der Waals surface area contributed by atoms with Gasteiger partial charge in [-0.05, 0) is 30.5 Å². The molecule has 1 aromatic rings. The second-order valence-corrected chi connectivity index (χ2v) is 7.34. The fourth-order valence-corrected chi connectivity index (χ4v) is 4.37. The maximum Gasteiger partial charge on any atom is 0.226 e. The summed E-state index contributed by atoms with van der Waals surface area (Å²) in [4.78, 5) is 15.1. The predicted molar refractivity (Wildman–Crippen MR) is 99.8 cm³/mol. The second-order valence-electron chi connectivity index (χ2n) is 6.15. The molecule has 4 nitrogen and oxygen atoms in total. The number of methoxy groups -OCH3 is 2. The number of benzene rings is 1. The van der Waals surface area contributed by atoms with Gasteiger partial charge in [-0.25, -0.2) is 0 Å². The number of carbonyl (C=O) groups is 1. The average Bonchev–Trinajstić information content (AvgIpc) is 3.11. The quantitative estimate of drug-likeness (QED) is 0.691. The van der Waals surface area contributed by atoms with E-state index in [1.54, 1.807) is 14.2 Å². The normalized spacial score (nSPS) is 18.5. The minimum absolute atomic E-state index is 0.0529. The molecule has 1 saturated heterocycles. The molecule has 0 aliphatic carbocycles. The summed E-state index contributed by atoms with van der Waals surface area (Å²) in [6.45, 7) is 5.11. The van der Waals surface area contributed by atoms with Crippen LogP contribution >= 0.6 is 11.8 Å². The van der Waals surface area contributed by atoms with E-state index in [1.165, 1.54) is 0 Å². The van der Waals surface area contributed by atoms with Gasteiger partial charge < -0.3 is 14.4 Å². The van der Waals surface area contributed by atoms with Gasteiger partial charge in [0.25, 0.3) is 0 Å². The molecule has 1 heterocycles. The molecule has 0 bridgehead atoms. The van der Waals surface area contributed by atoms with Crippen molar-refractivity contribution in [2.75, 3.05) is 26.5 Å². The van der Waals surface area contributed by atoms with Gasteiger partial charge in [0.15, 0.2) is 0 Å². The zero-order chi connectivity index (χ0) is 17.5. The van der Waals surface area contributed by atoms with Crippen LogP contribution in [-0.2, 0) is 4.79 Å². The lowest BCUT2D eigenvalue weighted by Gasteiger charge is -2.28. The Morgan fingerprint density at radius 1 is 1.25 bits per heavy atom. The third kappa shape index (κ3) is 4.38. The minimum atomic E-state index is 0.0529. The van der Waals surface area contributed by atoms with Crippen LogP contribution in [-0.4, -0.2) is 37.3 Å². The lowest BCUT2D eigenvalue weighted by molar-refractivity contribution is -0.136. The number of hydrogen-bond acceptors (Lipinski definition) is 4. The molecule has 1 aliphatic heterocycles. The van der Waals surface area contributed by atoms with Gasteiger partial charge in [-0.1, -0.05) is 26.7 Å². The van der Waals surface area contributed by atoms with Crippen LogP contribution in [0.5, 0.6) is 11.5 Å². The van der Waals surface area contributed by atoms with Crippen molar-refractivity contribution in [2.45, 2.75) is 44.9 Å². The molecule has 0 saturated carbocycles. The number of amides is 1. The molecule has 0 spiro atoms. The molecule has 2 rings (SSSR count). The number of nitrogens with zero attached hydrogens (tertiary/aromatic N) is 1. The first-order chi connectivity index (χ1) is 11.6. The van der Waals surface area contributed by atoms with Crippen molar-refractivity contribution in [3.05, 3.63) is 23.8 Å². The van der Waals surface area contributed by atoms with Gasteiger partial charge in [0.2, 0.25) is 5.91 Å². The molecule has 0 aromatic heterocycles. The molecule has 0 radical (unpaired) electrons. The van der Waals surface area contributed by atoms with Gasteiger partial charge >= 0.3 is 0 Å². The van der Waals surface area contributed by atoms with Crippen molar-refractivity contribution in [1.82, 2.24) is 4.90 Å². The highest BCUT2D eigenvalue weighted by Crippen LogP contribution is 2.41. The summed E-state index contributed by atoms with van der Waals surface area (Å²) in [5, 5.41) is 0.0529. The number of thioether (sulfide) groups is 1. The summed E-state index contributed by atoms with van der Waals surface area (Å²) in [5.74, 6) is 2.94. The van der Waals surface area contributed by atoms with Crippen LogP contribution < -0.4 is 9.47 Å². The van der Waals surface area contributed by atoms with E-state index in [9.17, 15) is 4.79 Å². The largest absolute Gasteiger partial charge is 0.497 e. The highest BCUT2D eigenvalue weighted by atomic mass is 32.2. The summed E-state index contributed by atoms with van der Waals surface area (Å²) in [5.41, 5.74) is 1.08. The molecule has 2 atom stereocenters. The number of carbonyl (C=O) groups excluding carboxylic acids is 1. The molecule has 1 amide bonds. The van der Waals surface area contributed by atoms with Crippen LogP contribution in [0.25, 0.3) is 0 Å². The minimum Gasteiger partial charge on any atom is -0.497 e. The highest BCUT2D eigenvalue weighted by Gasteiger charge is 2.34. The molecule has 0 N–H and O–H groups in total. The predicted octanol–water partition coefficient (Wildman–Crippen LogP) is 4.49. The third-order valence-corrected chi connectivity index (χ3v) is 5.84. The van der Waals surface area contributed by atoms with Crippen LogP contribution in [0.1, 0.15) is 50.5 Å². The molecule has 1 aromatic carbocycles. The summed E-state index contributed by atoms with van der Waals surface area (Å²) in [6, 6.07) is 5.89. The maximum absolute atomic E-state index is 13.0. The van der Waals surface area contributed by atoms with E-state index < -0.39 is 0 Å². The first-order valence-corrected chi connectivity index (χ1v) is 9.84. The van der Waals surface area contributed by atoms with E-state index in [4.69, 9.17) is 9.47 Å². The molecular weight excluding hydrogens is 322 g/mol. The number of rotatable bonds is 8. The second kappa shape index (κ2) is 9.21. The van der Waals surface area contributed by atoms with E-state index in [0.717, 1.165) is 55.0 Å². The fourth-order valence-electron chi connectivity index (χ4n) is 3.13. The lowest BCUT2D eigenvalue weighted by Crippen LogP contribution is -2.35. The third-order valence-electron chi connectivity index (χ3n) is 4.58. The Balaban J connectivity index is 2.22. The van der Waals surface area contributed by atoms with Gasteiger partial charge in [-0.2, -0.15) is 0 Å². The summed E-state index contributed by atoms with van der Waals surface area (Å²) in [7, 11) is 3.31. The Morgan fingerprint density at radius 2 is 1.92 bits per heavy atom. The molecule has 5 heteroatoms. The molecule has 0 unspecified atom stereocenters. The molecule has 1 aliphatic rings. The van der Waals surface area contributed by atoms with Crippen LogP contribution in [0, 0.1) is 5.92 Å². The Labute approximate surface area is 149 Å². The fraction of sp³-hybridized carbons (Fsp3) is 0.632. The SMILES string of the molecule is CCCC[C@@H](CC)C(=O)N1CCS[C@@H]1c1cc(OC)cc(OC)c1.